The summed E-state index contributed by atoms with van der Waals surface area (Å²) >= 11 is 0. The Balaban J connectivity index is 2.36. The number of hydrogen-bond acceptors (Lipinski definition) is 3. The molecule has 17 heavy (non-hydrogen) atoms. The Hall–Kier alpha value is -1.81. The Labute approximate surface area is 99.5 Å². The van der Waals surface area contributed by atoms with E-state index in [-0.39, 0.29) is 11.9 Å². The van der Waals surface area contributed by atoms with Gasteiger partial charge in [-0.05, 0) is 37.1 Å². The van der Waals surface area contributed by atoms with Gasteiger partial charge in [0, 0.05) is 18.0 Å². The number of aromatic nitrogens is 2. The number of hydrogen-bond donors (Lipinski definition) is 1. The smallest absolute Gasteiger partial charge is 0.144 e. The van der Waals surface area contributed by atoms with E-state index in [1.165, 1.54) is 6.07 Å². The molecule has 1 atom stereocenters. The van der Waals surface area contributed by atoms with Crippen LogP contribution in [0, 0.1) is 12.7 Å². The first-order chi connectivity index (χ1) is 8.08. The number of rotatable bonds is 2. The van der Waals surface area contributed by atoms with Crippen molar-refractivity contribution < 1.29 is 4.39 Å². The van der Waals surface area contributed by atoms with Gasteiger partial charge in [0.2, 0.25) is 0 Å². The van der Waals surface area contributed by atoms with Gasteiger partial charge in [-0.15, -0.1) is 0 Å². The second kappa shape index (κ2) is 4.59. The van der Waals surface area contributed by atoms with Gasteiger partial charge in [-0.2, -0.15) is 0 Å². The second-order valence-electron chi connectivity index (χ2n) is 4.08. The number of halogens is 1. The summed E-state index contributed by atoms with van der Waals surface area (Å²) in [5.41, 5.74) is 8.04. The minimum atomic E-state index is -0.207. The van der Waals surface area contributed by atoms with E-state index >= 15 is 0 Å². The highest BCUT2D eigenvalue weighted by atomic mass is 19.1. The van der Waals surface area contributed by atoms with Gasteiger partial charge in [0.15, 0.2) is 0 Å². The van der Waals surface area contributed by atoms with Gasteiger partial charge in [-0.25, -0.2) is 14.4 Å². The van der Waals surface area contributed by atoms with Crippen LogP contribution < -0.4 is 5.73 Å². The Kier molecular flexibility index (Phi) is 3.15. The van der Waals surface area contributed by atoms with Crippen molar-refractivity contribution in [3.63, 3.8) is 0 Å². The SMILES string of the molecule is Cc1cc(-c2cnc([C@@H](C)N)nc2)ccc1F. The molecule has 0 saturated carbocycles. The fraction of sp³-hybridized carbons (Fsp3) is 0.231. The van der Waals surface area contributed by atoms with Gasteiger partial charge in [-0.1, -0.05) is 6.07 Å². The maximum absolute atomic E-state index is 13.1. The lowest BCUT2D eigenvalue weighted by Gasteiger charge is -2.06. The van der Waals surface area contributed by atoms with Gasteiger partial charge in [0.1, 0.15) is 11.6 Å². The third kappa shape index (κ3) is 2.47. The van der Waals surface area contributed by atoms with Crippen molar-refractivity contribution >= 4 is 0 Å². The molecule has 0 amide bonds. The van der Waals surface area contributed by atoms with Gasteiger partial charge in [0.05, 0.1) is 6.04 Å². The summed E-state index contributed by atoms with van der Waals surface area (Å²) in [6.07, 6.45) is 3.41. The van der Waals surface area contributed by atoms with E-state index in [0.717, 1.165) is 11.1 Å². The topological polar surface area (TPSA) is 51.8 Å². The van der Waals surface area contributed by atoms with E-state index in [0.29, 0.717) is 11.4 Å². The molecule has 1 aromatic carbocycles. The first-order valence-corrected chi connectivity index (χ1v) is 5.42. The third-order valence-corrected chi connectivity index (χ3v) is 2.57. The normalized spacial score (nSPS) is 12.5. The van der Waals surface area contributed by atoms with Crippen molar-refractivity contribution in [2.45, 2.75) is 19.9 Å². The maximum Gasteiger partial charge on any atom is 0.144 e. The minimum Gasteiger partial charge on any atom is -0.322 e. The molecule has 4 heteroatoms. The van der Waals surface area contributed by atoms with E-state index < -0.39 is 0 Å². The van der Waals surface area contributed by atoms with Crippen molar-refractivity contribution in [1.82, 2.24) is 9.97 Å². The van der Waals surface area contributed by atoms with Gasteiger partial charge in [-0.3, -0.25) is 0 Å². The lowest BCUT2D eigenvalue weighted by molar-refractivity contribution is 0.619. The summed E-state index contributed by atoms with van der Waals surface area (Å²) in [7, 11) is 0. The molecule has 0 fully saturated rings. The molecular formula is C13H14FN3. The molecule has 1 heterocycles. The number of nitrogens with zero attached hydrogens (tertiary/aromatic N) is 2. The van der Waals surface area contributed by atoms with E-state index in [4.69, 9.17) is 5.73 Å². The third-order valence-electron chi connectivity index (χ3n) is 2.57. The fourth-order valence-corrected chi connectivity index (χ4v) is 1.55. The summed E-state index contributed by atoms with van der Waals surface area (Å²) in [4.78, 5) is 8.35. The number of aryl methyl sites for hydroxylation is 1. The summed E-state index contributed by atoms with van der Waals surface area (Å²) in [5.74, 6) is 0.398. The highest BCUT2D eigenvalue weighted by molar-refractivity contribution is 5.62. The molecule has 1 aromatic heterocycles. The molecular weight excluding hydrogens is 217 g/mol. The van der Waals surface area contributed by atoms with Crippen LogP contribution in [0.15, 0.2) is 30.6 Å². The first kappa shape index (κ1) is 11.7. The summed E-state index contributed by atoms with van der Waals surface area (Å²) in [6.45, 7) is 3.56. The Bertz CT molecular complexity index is 521. The van der Waals surface area contributed by atoms with Gasteiger partial charge in [0.25, 0.3) is 0 Å². The first-order valence-electron chi connectivity index (χ1n) is 5.42. The Morgan fingerprint density at radius 2 is 1.82 bits per heavy atom. The van der Waals surface area contributed by atoms with Crippen molar-refractivity contribution in [2.24, 2.45) is 5.73 Å². The highest BCUT2D eigenvalue weighted by Crippen LogP contribution is 2.20. The van der Waals surface area contributed by atoms with Crippen molar-refractivity contribution in [1.29, 1.82) is 0 Å². The summed E-state index contributed by atoms with van der Waals surface area (Å²) < 4.78 is 13.1. The highest BCUT2D eigenvalue weighted by Gasteiger charge is 2.05. The van der Waals surface area contributed by atoms with Crippen LogP contribution in [0.2, 0.25) is 0 Å². The van der Waals surface area contributed by atoms with E-state index in [1.54, 1.807) is 31.5 Å². The molecule has 0 aliphatic carbocycles. The van der Waals surface area contributed by atoms with Crippen LogP contribution in [-0.4, -0.2) is 9.97 Å². The van der Waals surface area contributed by atoms with Gasteiger partial charge >= 0.3 is 0 Å². The van der Waals surface area contributed by atoms with Crippen LogP contribution in [0.1, 0.15) is 24.4 Å². The van der Waals surface area contributed by atoms with Crippen LogP contribution in [0.25, 0.3) is 11.1 Å². The van der Waals surface area contributed by atoms with Gasteiger partial charge < -0.3 is 5.73 Å². The van der Waals surface area contributed by atoms with E-state index in [9.17, 15) is 4.39 Å². The fourth-order valence-electron chi connectivity index (χ4n) is 1.55. The summed E-state index contributed by atoms with van der Waals surface area (Å²) in [5, 5.41) is 0. The molecule has 0 bridgehead atoms. The minimum absolute atomic E-state index is 0.181. The Morgan fingerprint density at radius 1 is 1.18 bits per heavy atom. The molecule has 0 saturated heterocycles. The largest absolute Gasteiger partial charge is 0.322 e. The van der Waals surface area contributed by atoms with Crippen LogP contribution in [-0.2, 0) is 0 Å². The van der Waals surface area contributed by atoms with E-state index in [1.807, 2.05) is 6.92 Å². The second-order valence-corrected chi connectivity index (χ2v) is 4.08. The molecule has 0 unspecified atom stereocenters. The molecule has 0 aliphatic rings. The maximum atomic E-state index is 13.1. The van der Waals surface area contributed by atoms with Crippen LogP contribution in [0.5, 0.6) is 0 Å². The lowest BCUT2D eigenvalue weighted by Crippen LogP contribution is -2.09. The van der Waals surface area contributed by atoms with E-state index in [2.05, 4.69) is 9.97 Å². The molecule has 0 radical (unpaired) electrons. The molecule has 2 aromatic rings. The lowest BCUT2D eigenvalue weighted by atomic mass is 10.1. The number of nitrogens with two attached hydrogens (primary N) is 1. The van der Waals surface area contributed by atoms with Crippen molar-refractivity contribution in [3.8, 4) is 11.1 Å². The van der Waals surface area contributed by atoms with Crippen molar-refractivity contribution in [2.75, 3.05) is 0 Å². The molecule has 2 rings (SSSR count). The zero-order valence-corrected chi connectivity index (χ0v) is 9.81. The average Bonchev–Trinajstić information content (AvgIpc) is 2.33. The monoisotopic (exact) mass is 231 g/mol. The molecule has 2 N–H and O–H groups in total. The quantitative estimate of drug-likeness (QED) is 0.864. The Morgan fingerprint density at radius 3 is 2.35 bits per heavy atom. The molecule has 0 spiro atoms. The molecule has 3 nitrogen and oxygen atoms in total. The predicted molar refractivity (Wildman–Crippen MR) is 64.8 cm³/mol. The zero-order chi connectivity index (χ0) is 12.4. The van der Waals surface area contributed by atoms with Crippen LogP contribution in [0.4, 0.5) is 4.39 Å². The number of benzene rings is 1. The van der Waals surface area contributed by atoms with Crippen molar-refractivity contribution in [3.05, 3.63) is 47.8 Å². The average molecular weight is 231 g/mol. The predicted octanol–water partition coefficient (Wildman–Crippen LogP) is 2.61. The van der Waals surface area contributed by atoms with Crippen LogP contribution >= 0.6 is 0 Å². The zero-order valence-electron chi connectivity index (χ0n) is 9.81. The standard InChI is InChI=1S/C13H14FN3/c1-8-5-10(3-4-12(8)14)11-6-16-13(9(2)15)17-7-11/h3-7,9H,15H2,1-2H3/t9-/m1/s1. The summed E-state index contributed by atoms with van der Waals surface area (Å²) in [6, 6.07) is 4.76. The molecule has 0 aliphatic heterocycles. The van der Waals surface area contributed by atoms with Crippen LogP contribution in [0.3, 0.4) is 0 Å². The molecule has 88 valence electrons.